The van der Waals surface area contributed by atoms with E-state index in [1.165, 1.54) is 12.4 Å². The molecule has 0 atom stereocenters. The summed E-state index contributed by atoms with van der Waals surface area (Å²) in [5.74, 6) is 0.266. The summed E-state index contributed by atoms with van der Waals surface area (Å²) in [4.78, 5) is 24.6. The van der Waals surface area contributed by atoms with Gasteiger partial charge in [0.2, 0.25) is 0 Å². The molecule has 1 amide bonds. The third-order valence-electron chi connectivity index (χ3n) is 4.57. The van der Waals surface area contributed by atoms with Gasteiger partial charge < -0.3 is 14.6 Å². The van der Waals surface area contributed by atoms with Crippen LogP contribution in [0.4, 0.5) is 0 Å². The minimum absolute atomic E-state index is 0.0264. The van der Waals surface area contributed by atoms with Gasteiger partial charge in [0.1, 0.15) is 6.10 Å². The lowest BCUT2D eigenvalue weighted by Crippen LogP contribution is -2.39. The highest BCUT2D eigenvalue weighted by Crippen LogP contribution is 2.23. The van der Waals surface area contributed by atoms with Crippen LogP contribution in [-0.4, -0.2) is 38.2 Å². The van der Waals surface area contributed by atoms with E-state index in [1.807, 2.05) is 6.07 Å². The van der Waals surface area contributed by atoms with Crippen molar-refractivity contribution in [1.29, 1.82) is 0 Å². The van der Waals surface area contributed by atoms with E-state index in [2.05, 4.69) is 25.4 Å². The van der Waals surface area contributed by atoms with Gasteiger partial charge in [-0.05, 0) is 37.8 Å². The van der Waals surface area contributed by atoms with Crippen LogP contribution >= 0.6 is 11.6 Å². The second-order valence-corrected chi connectivity index (χ2v) is 7.00. The predicted molar refractivity (Wildman–Crippen MR) is 101 cm³/mol. The number of carbonyl (C=O) groups is 1. The van der Waals surface area contributed by atoms with Crippen molar-refractivity contribution < 1.29 is 14.1 Å². The van der Waals surface area contributed by atoms with E-state index in [1.54, 1.807) is 24.5 Å². The van der Waals surface area contributed by atoms with Crippen LogP contribution in [0.1, 0.15) is 36.2 Å². The Morgan fingerprint density at radius 2 is 1.96 bits per heavy atom. The number of aromatic nitrogens is 4. The number of nitrogens with one attached hydrogen (secondary N) is 1. The number of pyridine rings is 1. The third-order valence-corrected chi connectivity index (χ3v) is 4.76. The lowest BCUT2D eigenvalue weighted by molar-refractivity contribution is 0.0876. The van der Waals surface area contributed by atoms with Gasteiger partial charge in [-0.2, -0.15) is 0 Å². The molecule has 0 radical (unpaired) electrons. The fraction of sp³-hybridized carbons (Fsp3) is 0.316. The molecule has 1 saturated carbocycles. The normalized spacial score (nSPS) is 19.2. The van der Waals surface area contributed by atoms with Crippen molar-refractivity contribution in [3.63, 3.8) is 0 Å². The van der Waals surface area contributed by atoms with E-state index in [0.717, 1.165) is 31.2 Å². The lowest BCUT2D eigenvalue weighted by atomic mass is 9.93. The van der Waals surface area contributed by atoms with Crippen molar-refractivity contribution in [2.45, 2.75) is 37.8 Å². The fourth-order valence-corrected chi connectivity index (χ4v) is 3.22. The molecule has 0 spiro atoms. The van der Waals surface area contributed by atoms with Crippen LogP contribution in [0, 0.1) is 0 Å². The zero-order chi connectivity index (χ0) is 19.3. The third kappa shape index (κ3) is 4.45. The van der Waals surface area contributed by atoms with Crippen LogP contribution in [0.15, 0.2) is 47.5 Å². The smallest absolute Gasteiger partial charge is 0.316 e. The lowest BCUT2D eigenvalue weighted by Gasteiger charge is -2.28. The van der Waals surface area contributed by atoms with E-state index < -0.39 is 0 Å². The van der Waals surface area contributed by atoms with Crippen molar-refractivity contribution in [3.8, 4) is 17.3 Å². The zero-order valence-electron chi connectivity index (χ0n) is 14.9. The minimum atomic E-state index is -0.246. The van der Waals surface area contributed by atoms with E-state index in [9.17, 15) is 4.79 Å². The van der Waals surface area contributed by atoms with Gasteiger partial charge in [-0.25, -0.2) is 9.97 Å². The molecule has 0 aromatic carbocycles. The Bertz CT molecular complexity index is 924. The van der Waals surface area contributed by atoms with E-state index in [0.29, 0.717) is 16.8 Å². The van der Waals surface area contributed by atoms with Gasteiger partial charge in [-0.3, -0.25) is 9.78 Å². The molecular formula is C19H18ClN5O3. The SMILES string of the molecule is O=C(NC1CCC(Oc2ncc(Cl)cn2)CC1)c1cc(-c2cccnc2)on1. The van der Waals surface area contributed by atoms with Crippen molar-refractivity contribution in [3.05, 3.63) is 53.7 Å². The molecule has 0 saturated heterocycles. The number of hydrogen-bond donors (Lipinski definition) is 1. The van der Waals surface area contributed by atoms with Crippen LogP contribution in [0.3, 0.4) is 0 Å². The molecule has 1 aliphatic carbocycles. The Hall–Kier alpha value is -3.00. The molecule has 0 unspecified atom stereocenters. The Kier molecular flexibility index (Phi) is 5.48. The molecule has 3 aromatic rings. The van der Waals surface area contributed by atoms with Crippen molar-refractivity contribution in [2.24, 2.45) is 0 Å². The average Bonchev–Trinajstić information content (AvgIpc) is 3.22. The van der Waals surface area contributed by atoms with Crippen LogP contribution in [0.5, 0.6) is 6.01 Å². The van der Waals surface area contributed by atoms with Crippen LogP contribution in [0.2, 0.25) is 5.02 Å². The number of rotatable bonds is 5. The standard InChI is InChI=1S/C19H18ClN5O3/c20-13-10-22-19(23-11-13)27-15-5-3-14(4-6-15)24-18(26)16-8-17(28-25-16)12-2-1-7-21-9-12/h1-2,7-11,14-15H,3-6H2,(H,24,26). The topological polar surface area (TPSA) is 103 Å². The second-order valence-electron chi connectivity index (χ2n) is 6.57. The summed E-state index contributed by atoms with van der Waals surface area (Å²) >= 11 is 5.77. The number of ether oxygens (including phenoxy) is 1. The van der Waals surface area contributed by atoms with Crippen molar-refractivity contribution in [1.82, 2.24) is 25.4 Å². The molecule has 28 heavy (non-hydrogen) atoms. The first-order chi connectivity index (χ1) is 13.7. The first kappa shape index (κ1) is 18.4. The first-order valence-corrected chi connectivity index (χ1v) is 9.37. The van der Waals surface area contributed by atoms with Crippen LogP contribution in [0.25, 0.3) is 11.3 Å². The minimum Gasteiger partial charge on any atom is -0.460 e. The van der Waals surface area contributed by atoms with Gasteiger partial charge in [-0.1, -0.05) is 16.8 Å². The summed E-state index contributed by atoms with van der Waals surface area (Å²) in [6.45, 7) is 0. The van der Waals surface area contributed by atoms with Crippen LogP contribution in [-0.2, 0) is 0 Å². The maximum Gasteiger partial charge on any atom is 0.316 e. The van der Waals surface area contributed by atoms with Gasteiger partial charge in [0.25, 0.3) is 5.91 Å². The molecule has 144 valence electrons. The molecule has 1 fully saturated rings. The quantitative estimate of drug-likeness (QED) is 0.701. The van der Waals surface area contributed by atoms with E-state index in [4.69, 9.17) is 20.9 Å². The maximum absolute atomic E-state index is 12.4. The first-order valence-electron chi connectivity index (χ1n) is 8.99. The average molecular weight is 400 g/mol. The molecular weight excluding hydrogens is 382 g/mol. The number of halogens is 1. The molecule has 1 aliphatic rings. The Labute approximate surface area is 166 Å². The highest BCUT2D eigenvalue weighted by atomic mass is 35.5. The summed E-state index contributed by atoms with van der Waals surface area (Å²) in [6.07, 6.45) is 9.59. The van der Waals surface area contributed by atoms with Gasteiger partial charge in [0, 0.05) is 30.1 Å². The molecule has 9 heteroatoms. The van der Waals surface area contributed by atoms with Crippen molar-refractivity contribution in [2.75, 3.05) is 0 Å². The monoisotopic (exact) mass is 399 g/mol. The molecule has 0 aliphatic heterocycles. The Morgan fingerprint density at radius 3 is 2.68 bits per heavy atom. The summed E-state index contributed by atoms with van der Waals surface area (Å²) < 4.78 is 11.0. The maximum atomic E-state index is 12.4. The predicted octanol–water partition coefficient (Wildman–Crippen LogP) is 3.30. The van der Waals surface area contributed by atoms with Gasteiger partial charge in [0.05, 0.1) is 17.4 Å². The van der Waals surface area contributed by atoms with Gasteiger partial charge >= 0.3 is 6.01 Å². The highest BCUT2D eigenvalue weighted by molar-refractivity contribution is 6.30. The number of nitrogens with zero attached hydrogens (tertiary/aromatic N) is 4. The molecule has 1 N–H and O–H groups in total. The highest BCUT2D eigenvalue weighted by Gasteiger charge is 2.25. The zero-order valence-corrected chi connectivity index (χ0v) is 15.7. The summed E-state index contributed by atoms with van der Waals surface area (Å²) in [5, 5.41) is 7.35. The number of amides is 1. The van der Waals surface area contributed by atoms with E-state index in [-0.39, 0.29) is 23.7 Å². The van der Waals surface area contributed by atoms with E-state index >= 15 is 0 Å². The molecule has 3 aromatic heterocycles. The number of carbonyl (C=O) groups excluding carboxylic acids is 1. The second kappa shape index (κ2) is 8.35. The van der Waals surface area contributed by atoms with Gasteiger partial charge in [0.15, 0.2) is 11.5 Å². The molecule has 0 bridgehead atoms. The number of hydrogen-bond acceptors (Lipinski definition) is 7. The summed E-state index contributed by atoms with van der Waals surface area (Å²) in [6, 6.07) is 5.66. The molecule has 8 nitrogen and oxygen atoms in total. The largest absolute Gasteiger partial charge is 0.460 e. The fourth-order valence-electron chi connectivity index (χ4n) is 3.12. The van der Waals surface area contributed by atoms with Crippen LogP contribution < -0.4 is 10.1 Å². The molecule has 3 heterocycles. The van der Waals surface area contributed by atoms with Gasteiger partial charge in [-0.15, -0.1) is 0 Å². The molecule has 4 rings (SSSR count). The Balaban J connectivity index is 1.28. The summed E-state index contributed by atoms with van der Waals surface area (Å²) in [7, 11) is 0. The van der Waals surface area contributed by atoms with Crippen molar-refractivity contribution >= 4 is 17.5 Å². The Morgan fingerprint density at radius 1 is 1.18 bits per heavy atom. The summed E-state index contributed by atoms with van der Waals surface area (Å²) in [5.41, 5.74) is 1.03.